The molecule has 0 radical (unpaired) electrons. The number of hydrogen-bond donors (Lipinski definition) is 1. The van der Waals surface area contributed by atoms with Gasteiger partial charge >= 0.3 is 0 Å². The number of aromatic nitrogens is 1. The van der Waals surface area contributed by atoms with Crippen LogP contribution in [-0.2, 0) is 6.42 Å². The van der Waals surface area contributed by atoms with Crippen molar-refractivity contribution in [1.29, 1.82) is 0 Å². The number of anilines is 1. The molecular weight excluding hydrogens is 280 g/mol. The Labute approximate surface area is 119 Å². The maximum absolute atomic E-state index is 12.9. The molecule has 0 atom stereocenters. The first-order valence-electron chi connectivity index (χ1n) is 6.27. The number of halogens is 2. The van der Waals surface area contributed by atoms with E-state index in [4.69, 9.17) is 0 Å². The molecule has 1 N–H and O–H groups in total. The summed E-state index contributed by atoms with van der Waals surface area (Å²) >= 11 is 0. The van der Waals surface area contributed by atoms with Gasteiger partial charge in [-0.3, -0.25) is 15.1 Å². The zero-order chi connectivity index (χ0) is 15.2. The molecule has 0 aliphatic heterocycles. The highest BCUT2D eigenvalue weighted by molar-refractivity contribution is 5.56. The smallest absolute Gasteiger partial charge is 0.270 e. The van der Waals surface area contributed by atoms with Gasteiger partial charge in [-0.2, -0.15) is 0 Å². The molecule has 0 aliphatic carbocycles. The molecule has 2 aromatic rings. The summed E-state index contributed by atoms with van der Waals surface area (Å²) < 4.78 is 25.9. The zero-order valence-electron chi connectivity index (χ0n) is 11.0. The minimum absolute atomic E-state index is 0.208. The number of pyridine rings is 1. The normalized spacial score (nSPS) is 10.6. The summed E-state index contributed by atoms with van der Waals surface area (Å²) in [7, 11) is 0. The quantitative estimate of drug-likeness (QED) is 0.653. The average Bonchev–Trinajstić information content (AvgIpc) is 2.48. The van der Waals surface area contributed by atoms with Gasteiger partial charge in [0.2, 0.25) is 0 Å². The monoisotopic (exact) mass is 293 g/mol. The van der Waals surface area contributed by atoms with Gasteiger partial charge in [0.15, 0.2) is 0 Å². The molecule has 0 unspecified atom stereocenters. The second-order valence-corrected chi connectivity index (χ2v) is 4.37. The van der Waals surface area contributed by atoms with Gasteiger partial charge in [0.1, 0.15) is 0 Å². The van der Waals surface area contributed by atoms with Crippen LogP contribution in [0.15, 0.2) is 42.7 Å². The van der Waals surface area contributed by atoms with E-state index in [1.54, 1.807) is 18.5 Å². The fourth-order valence-electron chi connectivity index (χ4n) is 1.89. The van der Waals surface area contributed by atoms with E-state index >= 15 is 0 Å². The molecule has 0 saturated heterocycles. The molecule has 0 amide bonds. The first-order chi connectivity index (χ1) is 10.1. The van der Waals surface area contributed by atoms with Crippen LogP contribution in [0, 0.1) is 10.1 Å². The average molecular weight is 293 g/mol. The maximum atomic E-state index is 12.9. The molecule has 1 heterocycles. The van der Waals surface area contributed by atoms with Gasteiger partial charge < -0.3 is 5.32 Å². The Morgan fingerprint density at radius 3 is 2.76 bits per heavy atom. The van der Waals surface area contributed by atoms with Crippen LogP contribution < -0.4 is 5.32 Å². The number of benzene rings is 1. The topological polar surface area (TPSA) is 68.1 Å². The van der Waals surface area contributed by atoms with Crippen LogP contribution in [0.5, 0.6) is 0 Å². The number of nitrogens with zero attached hydrogens (tertiary/aromatic N) is 2. The summed E-state index contributed by atoms with van der Waals surface area (Å²) in [6.45, 7) is 0.434. The highest BCUT2D eigenvalue weighted by Crippen LogP contribution is 2.30. The number of nitrogens with one attached hydrogen (secondary N) is 1. The van der Waals surface area contributed by atoms with Crippen LogP contribution in [0.4, 0.5) is 20.2 Å². The number of nitro groups is 1. The fourth-order valence-corrected chi connectivity index (χ4v) is 1.89. The van der Waals surface area contributed by atoms with E-state index in [9.17, 15) is 18.9 Å². The first-order valence-corrected chi connectivity index (χ1v) is 6.27. The highest BCUT2D eigenvalue weighted by Gasteiger charge is 2.17. The SMILES string of the molecule is O=[N+]([O-])c1ccc(NCCc2cccnc2)c(C(F)F)c1. The Morgan fingerprint density at radius 1 is 1.33 bits per heavy atom. The van der Waals surface area contributed by atoms with Crippen molar-refractivity contribution >= 4 is 11.4 Å². The van der Waals surface area contributed by atoms with E-state index in [2.05, 4.69) is 10.3 Å². The lowest BCUT2D eigenvalue weighted by atomic mass is 10.1. The van der Waals surface area contributed by atoms with Crippen LogP contribution >= 0.6 is 0 Å². The Balaban J connectivity index is 2.07. The van der Waals surface area contributed by atoms with Crippen molar-refractivity contribution in [2.75, 3.05) is 11.9 Å². The molecule has 7 heteroatoms. The second kappa shape index (κ2) is 6.74. The number of nitro benzene ring substituents is 1. The van der Waals surface area contributed by atoms with E-state index < -0.39 is 11.3 Å². The first kappa shape index (κ1) is 14.8. The van der Waals surface area contributed by atoms with E-state index in [0.29, 0.717) is 13.0 Å². The standard InChI is InChI=1S/C14H13F2N3O2/c15-14(16)12-8-11(19(20)21)3-4-13(12)18-7-5-10-2-1-6-17-9-10/h1-4,6,8-9,14,18H,5,7H2. The van der Waals surface area contributed by atoms with Crippen molar-refractivity contribution in [3.05, 3.63) is 64.0 Å². The number of alkyl halides is 2. The molecule has 21 heavy (non-hydrogen) atoms. The van der Waals surface area contributed by atoms with Crippen LogP contribution in [0.25, 0.3) is 0 Å². The van der Waals surface area contributed by atoms with Gasteiger partial charge in [-0.1, -0.05) is 6.07 Å². The Morgan fingerprint density at radius 2 is 2.14 bits per heavy atom. The third-order valence-electron chi connectivity index (χ3n) is 2.93. The highest BCUT2D eigenvalue weighted by atomic mass is 19.3. The van der Waals surface area contributed by atoms with E-state index in [1.165, 1.54) is 12.1 Å². The summed E-state index contributed by atoms with van der Waals surface area (Å²) in [6, 6.07) is 7.10. The van der Waals surface area contributed by atoms with Gasteiger partial charge in [-0.05, 0) is 24.1 Å². The molecule has 0 saturated carbocycles. The lowest BCUT2D eigenvalue weighted by Gasteiger charge is -2.11. The molecule has 0 spiro atoms. The molecule has 2 rings (SSSR count). The van der Waals surface area contributed by atoms with Crippen LogP contribution in [0.2, 0.25) is 0 Å². The third kappa shape index (κ3) is 3.95. The van der Waals surface area contributed by atoms with Gasteiger partial charge in [-0.25, -0.2) is 8.78 Å². The van der Waals surface area contributed by atoms with Crippen molar-refractivity contribution < 1.29 is 13.7 Å². The largest absolute Gasteiger partial charge is 0.384 e. The van der Waals surface area contributed by atoms with Crippen LogP contribution in [0.1, 0.15) is 17.6 Å². The summed E-state index contributed by atoms with van der Waals surface area (Å²) in [4.78, 5) is 13.9. The lowest BCUT2D eigenvalue weighted by molar-refractivity contribution is -0.385. The van der Waals surface area contributed by atoms with Crippen molar-refractivity contribution in [2.45, 2.75) is 12.8 Å². The van der Waals surface area contributed by atoms with Crippen LogP contribution in [0.3, 0.4) is 0 Å². The Kier molecular flexibility index (Phi) is 4.76. The van der Waals surface area contributed by atoms with Crippen LogP contribution in [-0.4, -0.2) is 16.5 Å². The predicted octanol–water partition coefficient (Wildman–Crippen LogP) is 3.58. The molecule has 110 valence electrons. The van der Waals surface area contributed by atoms with Gasteiger partial charge in [-0.15, -0.1) is 0 Å². The van der Waals surface area contributed by atoms with E-state index in [1.807, 2.05) is 6.07 Å². The lowest BCUT2D eigenvalue weighted by Crippen LogP contribution is -2.07. The summed E-state index contributed by atoms with van der Waals surface area (Å²) in [5.41, 5.74) is 0.475. The fraction of sp³-hybridized carbons (Fsp3) is 0.214. The van der Waals surface area contributed by atoms with Crippen molar-refractivity contribution in [3.63, 3.8) is 0 Å². The molecule has 1 aromatic carbocycles. The summed E-state index contributed by atoms with van der Waals surface area (Å²) in [5.74, 6) is 0. The Bertz CT molecular complexity index is 621. The molecule has 0 fully saturated rings. The van der Waals surface area contributed by atoms with Crippen molar-refractivity contribution in [3.8, 4) is 0 Å². The number of non-ortho nitro benzene ring substituents is 1. The molecular formula is C14H13F2N3O2. The van der Waals surface area contributed by atoms with Crippen molar-refractivity contribution in [1.82, 2.24) is 4.98 Å². The minimum atomic E-state index is -2.77. The summed E-state index contributed by atoms with van der Waals surface area (Å²) in [6.07, 6.45) is 1.20. The van der Waals surface area contributed by atoms with Gasteiger partial charge in [0.05, 0.1) is 4.92 Å². The maximum Gasteiger partial charge on any atom is 0.270 e. The number of hydrogen-bond acceptors (Lipinski definition) is 4. The van der Waals surface area contributed by atoms with Gasteiger partial charge in [0.25, 0.3) is 12.1 Å². The molecule has 0 bridgehead atoms. The van der Waals surface area contributed by atoms with Crippen molar-refractivity contribution in [2.24, 2.45) is 0 Å². The predicted molar refractivity (Wildman–Crippen MR) is 74.5 cm³/mol. The van der Waals surface area contributed by atoms with Gasteiger partial charge in [0, 0.05) is 42.3 Å². The molecule has 1 aromatic heterocycles. The van der Waals surface area contributed by atoms with E-state index in [-0.39, 0.29) is 16.9 Å². The number of rotatable bonds is 6. The molecule has 5 nitrogen and oxygen atoms in total. The Hall–Kier alpha value is -2.57. The second-order valence-electron chi connectivity index (χ2n) is 4.37. The zero-order valence-corrected chi connectivity index (χ0v) is 11.0. The van der Waals surface area contributed by atoms with E-state index in [0.717, 1.165) is 11.6 Å². The third-order valence-corrected chi connectivity index (χ3v) is 2.93. The molecule has 0 aliphatic rings. The summed E-state index contributed by atoms with van der Waals surface area (Å²) in [5, 5.41) is 13.5. The minimum Gasteiger partial charge on any atom is -0.384 e.